The van der Waals surface area contributed by atoms with E-state index in [1.165, 1.54) is 30.7 Å². The summed E-state index contributed by atoms with van der Waals surface area (Å²) in [4.78, 5) is 14.9. The Morgan fingerprint density at radius 1 is 1.13 bits per heavy atom. The zero-order valence-corrected chi connectivity index (χ0v) is 19.0. The van der Waals surface area contributed by atoms with Gasteiger partial charge < -0.3 is 9.64 Å². The molecule has 0 radical (unpaired) electrons. The van der Waals surface area contributed by atoms with Crippen molar-refractivity contribution in [1.29, 1.82) is 0 Å². The summed E-state index contributed by atoms with van der Waals surface area (Å²) >= 11 is 0. The molecule has 1 aliphatic heterocycles. The van der Waals surface area contributed by atoms with E-state index in [9.17, 15) is 13.2 Å². The largest absolute Gasteiger partial charge is 0.495 e. The average Bonchev–Trinajstić information content (AvgIpc) is 2.79. The molecule has 2 aliphatic rings. The van der Waals surface area contributed by atoms with Crippen LogP contribution in [0.1, 0.15) is 63.9 Å². The van der Waals surface area contributed by atoms with E-state index in [4.69, 9.17) is 4.74 Å². The van der Waals surface area contributed by atoms with Crippen molar-refractivity contribution in [3.8, 4) is 5.75 Å². The van der Waals surface area contributed by atoms with Crippen LogP contribution in [0.5, 0.6) is 5.75 Å². The molecule has 0 bridgehead atoms. The van der Waals surface area contributed by atoms with Crippen molar-refractivity contribution in [3.05, 3.63) is 29.8 Å². The highest BCUT2D eigenvalue weighted by atomic mass is 32.2. The summed E-state index contributed by atoms with van der Waals surface area (Å²) in [7, 11) is -2.15. The maximum Gasteiger partial charge on any atom is 0.246 e. The number of amides is 1. The lowest BCUT2D eigenvalue weighted by Crippen LogP contribution is -2.40. The van der Waals surface area contributed by atoms with Gasteiger partial charge in [0.05, 0.1) is 7.11 Å². The number of rotatable bonds is 7. The number of carbonyl (C=O) groups excluding carboxylic acids is 1. The topological polar surface area (TPSA) is 66.9 Å². The van der Waals surface area contributed by atoms with Crippen LogP contribution < -0.4 is 4.74 Å². The standard InChI is InChI=1S/C23H34N2O4S/c1-3-25(20-10-6-4-7-11-20)23(26)15-13-19-12-14-21(29-2)22(18-19)30(27,28)24-16-8-5-9-17-24/h12-15,18,20H,3-11,16-17H2,1-2H3/b15-13+. The van der Waals surface area contributed by atoms with Gasteiger partial charge in [0.1, 0.15) is 10.6 Å². The molecule has 1 aliphatic carbocycles. The van der Waals surface area contributed by atoms with Gasteiger partial charge in [-0.1, -0.05) is 31.7 Å². The number of ether oxygens (including phenoxy) is 1. The Morgan fingerprint density at radius 3 is 2.43 bits per heavy atom. The Labute approximate surface area is 180 Å². The monoisotopic (exact) mass is 434 g/mol. The quantitative estimate of drug-likeness (QED) is 0.607. The van der Waals surface area contributed by atoms with Gasteiger partial charge in [-0.3, -0.25) is 4.79 Å². The molecule has 3 rings (SSSR count). The third kappa shape index (κ3) is 5.24. The highest BCUT2D eigenvalue weighted by Gasteiger charge is 2.29. The molecular formula is C23H34N2O4S. The first-order valence-electron chi connectivity index (χ1n) is 11.1. The fourth-order valence-corrected chi connectivity index (χ4v) is 6.20. The fraction of sp³-hybridized carbons (Fsp3) is 0.609. The lowest BCUT2D eigenvalue weighted by Gasteiger charge is -2.32. The predicted octanol–water partition coefficient (Wildman–Crippen LogP) is 4.06. The highest BCUT2D eigenvalue weighted by Crippen LogP contribution is 2.30. The number of benzene rings is 1. The minimum Gasteiger partial charge on any atom is -0.495 e. The van der Waals surface area contributed by atoms with Crippen molar-refractivity contribution < 1.29 is 17.9 Å². The second-order valence-corrected chi connectivity index (χ2v) is 10.0. The third-order valence-electron chi connectivity index (χ3n) is 6.18. The van der Waals surface area contributed by atoms with Crippen LogP contribution in [0.15, 0.2) is 29.2 Å². The molecule has 0 aromatic heterocycles. The first-order chi connectivity index (χ1) is 14.5. The molecule has 1 amide bonds. The van der Waals surface area contributed by atoms with Gasteiger partial charge in [0.25, 0.3) is 0 Å². The molecule has 30 heavy (non-hydrogen) atoms. The Bertz CT molecular complexity index is 854. The fourth-order valence-electron chi connectivity index (χ4n) is 4.49. The second-order valence-electron chi connectivity index (χ2n) is 8.12. The van der Waals surface area contributed by atoms with E-state index in [2.05, 4.69) is 0 Å². The van der Waals surface area contributed by atoms with Crippen LogP contribution in [0.4, 0.5) is 0 Å². The molecule has 1 saturated carbocycles. The Morgan fingerprint density at radius 2 is 1.80 bits per heavy atom. The van der Waals surface area contributed by atoms with Crippen molar-refractivity contribution in [2.75, 3.05) is 26.7 Å². The van der Waals surface area contributed by atoms with E-state index in [0.717, 1.165) is 32.1 Å². The van der Waals surface area contributed by atoms with E-state index in [-0.39, 0.29) is 10.8 Å². The zero-order valence-electron chi connectivity index (χ0n) is 18.2. The maximum absolute atomic E-state index is 13.2. The minimum absolute atomic E-state index is 0.0133. The summed E-state index contributed by atoms with van der Waals surface area (Å²) in [5.74, 6) is 0.321. The summed E-state index contributed by atoms with van der Waals surface area (Å²) < 4.78 is 33.2. The lowest BCUT2D eigenvalue weighted by atomic mass is 9.94. The van der Waals surface area contributed by atoms with Gasteiger partial charge in [-0.2, -0.15) is 4.31 Å². The van der Waals surface area contributed by atoms with Crippen LogP contribution >= 0.6 is 0 Å². The molecule has 6 nitrogen and oxygen atoms in total. The van der Waals surface area contributed by atoms with E-state index >= 15 is 0 Å². The molecule has 0 N–H and O–H groups in total. The molecule has 7 heteroatoms. The molecule has 2 fully saturated rings. The first-order valence-corrected chi connectivity index (χ1v) is 12.6. The molecule has 1 aromatic carbocycles. The number of hydrogen-bond acceptors (Lipinski definition) is 4. The van der Waals surface area contributed by atoms with Gasteiger partial charge in [-0.25, -0.2) is 8.42 Å². The second kappa shape index (κ2) is 10.4. The van der Waals surface area contributed by atoms with E-state index < -0.39 is 10.0 Å². The average molecular weight is 435 g/mol. The van der Waals surface area contributed by atoms with Crippen molar-refractivity contribution in [2.45, 2.75) is 69.2 Å². The van der Waals surface area contributed by atoms with Crippen LogP contribution in [0.3, 0.4) is 0 Å². The molecule has 1 heterocycles. The molecule has 0 atom stereocenters. The van der Waals surface area contributed by atoms with Gasteiger partial charge in [-0.15, -0.1) is 0 Å². The summed E-state index contributed by atoms with van der Waals surface area (Å²) in [5.41, 5.74) is 0.680. The van der Waals surface area contributed by atoms with E-state index in [0.29, 0.717) is 37.0 Å². The SMILES string of the molecule is CCN(C(=O)/C=C/c1ccc(OC)c(S(=O)(=O)N2CCCCC2)c1)C1CCCCC1. The normalized spacial score (nSPS) is 19.1. The Hall–Kier alpha value is -1.86. The minimum atomic E-state index is -3.62. The van der Waals surface area contributed by atoms with Crippen molar-refractivity contribution >= 4 is 22.0 Å². The number of carbonyl (C=O) groups is 1. The third-order valence-corrected chi connectivity index (χ3v) is 8.10. The smallest absolute Gasteiger partial charge is 0.246 e. The molecule has 0 unspecified atom stereocenters. The lowest BCUT2D eigenvalue weighted by molar-refractivity contribution is -0.128. The van der Waals surface area contributed by atoms with Crippen molar-refractivity contribution in [2.24, 2.45) is 0 Å². The summed E-state index contributed by atoms with van der Waals surface area (Å²) in [5, 5.41) is 0. The van der Waals surface area contributed by atoms with Crippen molar-refractivity contribution in [1.82, 2.24) is 9.21 Å². The van der Waals surface area contributed by atoms with Gasteiger partial charge in [-0.05, 0) is 56.4 Å². The zero-order chi connectivity index (χ0) is 21.6. The molecule has 166 valence electrons. The summed E-state index contributed by atoms with van der Waals surface area (Å²) in [6, 6.07) is 5.38. The van der Waals surface area contributed by atoms with Crippen LogP contribution in [-0.4, -0.2) is 56.3 Å². The number of piperidine rings is 1. The van der Waals surface area contributed by atoms with E-state index in [1.807, 2.05) is 11.8 Å². The highest BCUT2D eigenvalue weighted by molar-refractivity contribution is 7.89. The molecule has 0 spiro atoms. The number of hydrogen-bond donors (Lipinski definition) is 0. The molecular weight excluding hydrogens is 400 g/mol. The summed E-state index contributed by atoms with van der Waals surface area (Å²) in [6.45, 7) is 3.77. The Balaban J connectivity index is 1.81. The van der Waals surface area contributed by atoms with Crippen LogP contribution in [-0.2, 0) is 14.8 Å². The van der Waals surface area contributed by atoms with Crippen LogP contribution in [0.25, 0.3) is 6.08 Å². The Kier molecular flexibility index (Phi) is 7.94. The number of methoxy groups -OCH3 is 1. The van der Waals surface area contributed by atoms with Crippen molar-refractivity contribution in [3.63, 3.8) is 0 Å². The number of nitrogens with zero attached hydrogens (tertiary/aromatic N) is 2. The predicted molar refractivity (Wildman–Crippen MR) is 119 cm³/mol. The van der Waals surface area contributed by atoms with Crippen LogP contribution in [0, 0.1) is 0 Å². The molecule has 1 saturated heterocycles. The van der Waals surface area contributed by atoms with Crippen LogP contribution in [0.2, 0.25) is 0 Å². The van der Waals surface area contributed by atoms with Gasteiger partial charge in [0.15, 0.2) is 0 Å². The number of sulfonamides is 1. The first kappa shape index (κ1) is 22.8. The van der Waals surface area contributed by atoms with Gasteiger partial charge in [0.2, 0.25) is 15.9 Å². The molecule has 1 aromatic rings. The van der Waals surface area contributed by atoms with E-state index in [1.54, 1.807) is 30.4 Å². The maximum atomic E-state index is 13.2. The number of likely N-dealkylation sites (N-methyl/N-ethyl adjacent to an activating group) is 1. The van der Waals surface area contributed by atoms with Gasteiger partial charge in [0, 0.05) is 31.8 Å². The van der Waals surface area contributed by atoms with Gasteiger partial charge >= 0.3 is 0 Å². The summed E-state index contributed by atoms with van der Waals surface area (Å²) in [6.07, 6.45) is 11.8.